The Morgan fingerprint density at radius 1 is 1.08 bits per heavy atom. The highest BCUT2D eigenvalue weighted by atomic mass is 19.4. The van der Waals surface area contributed by atoms with Crippen LogP contribution in [0.25, 0.3) is 11.3 Å². The number of benzene rings is 2. The Balaban J connectivity index is 1.56. The summed E-state index contributed by atoms with van der Waals surface area (Å²) in [4.78, 5) is 0. The van der Waals surface area contributed by atoms with Crippen LogP contribution >= 0.6 is 0 Å². The average Bonchev–Trinajstić information content (AvgIpc) is 2.95. The number of alkyl halides is 3. The van der Waals surface area contributed by atoms with Crippen molar-refractivity contribution in [3.8, 4) is 17.0 Å². The number of nitrogens with one attached hydrogen (secondary N) is 1. The number of fused-ring (bicyclic) bond motifs is 2. The third kappa shape index (κ3) is 3.51. The zero-order valence-corrected chi connectivity index (χ0v) is 13.8. The SMILES string of the molecule is FC(F)(F)CNc1ccc2c(c1)OCc1cc(-c3ccccc3)nn1C2. The number of hydrogen-bond acceptors (Lipinski definition) is 3. The van der Waals surface area contributed by atoms with Crippen LogP contribution in [0.3, 0.4) is 0 Å². The molecule has 0 saturated heterocycles. The summed E-state index contributed by atoms with van der Waals surface area (Å²) in [6.07, 6.45) is -4.26. The highest BCUT2D eigenvalue weighted by Gasteiger charge is 2.26. The van der Waals surface area contributed by atoms with Crippen LogP contribution < -0.4 is 10.1 Å². The molecule has 2 heterocycles. The summed E-state index contributed by atoms with van der Waals surface area (Å²) >= 11 is 0. The van der Waals surface area contributed by atoms with E-state index >= 15 is 0 Å². The van der Waals surface area contributed by atoms with Crippen molar-refractivity contribution in [2.45, 2.75) is 19.3 Å². The Bertz CT molecular complexity index is 920. The fraction of sp³-hybridized carbons (Fsp3) is 0.211. The molecular formula is C19H16F3N3O. The van der Waals surface area contributed by atoms with Crippen LogP contribution in [0.1, 0.15) is 11.3 Å². The number of rotatable bonds is 3. The standard InChI is InChI=1S/C19H16F3N3O/c20-19(21,22)12-23-15-7-6-14-10-25-16(11-26-18(14)8-15)9-17(24-25)13-4-2-1-3-5-13/h1-9,23H,10-12H2. The molecule has 0 bridgehead atoms. The molecule has 0 aliphatic carbocycles. The van der Waals surface area contributed by atoms with Crippen LogP contribution in [0.2, 0.25) is 0 Å². The van der Waals surface area contributed by atoms with E-state index in [0.717, 1.165) is 22.5 Å². The lowest BCUT2D eigenvalue weighted by Gasteiger charge is -2.12. The smallest absolute Gasteiger partial charge is 0.405 e. The van der Waals surface area contributed by atoms with Crippen molar-refractivity contribution < 1.29 is 17.9 Å². The molecule has 1 N–H and O–H groups in total. The maximum atomic E-state index is 12.4. The summed E-state index contributed by atoms with van der Waals surface area (Å²) in [7, 11) is 0. The highest BCUT2D eigenvalue weighted by molar-refractivity contribution is 5.59. The highest BCUT2D eigenvalue weighted by Crippen LogP contribution is 2.30. The van der Waals surface area contributed by atoms with Gasteiger partial charge in [0.15, 0.2) is 0 Å². The summed E-state index contributed by atoms with van der Waals surface area (Å²) in [6, 6.07) is 16.8. The first-order valence-electron chi connectivity index (χ1n) is 8.16. The molecule has 1 aliphatic rings. The molecule has 4 nitrogen and oxygen atoms in total. The Hall–Kier alpha value is -2.96. The molecule has 0 unspecified atom stereocenters. The minimum absolute atomic E-state index is 0.315. The molecule has 0 atom stereocenters. The van der Waals surface area contributed by atoms with Gasteiger partial charge in [-0.05, 0) is 12.1 Å². The van der Waals surface area contributed by atoms with E-state index in [9.17, 15) is 13.2 Å². The molecule has 134 valence electrons. The van der Waals surface area contributed by atoms with E-state index in [1.54, 1.807) is 18.2 Å². The zero-order valence-electron chi connectivity index (χ0n) is 13.8. The Labute approximate surface area is 148 Å². The lowest BCUT2D eigenvalue weighted by Crippen LogP contribution is -2.21. The minimum atomic E-state index is -4.26. The first-order chi connectivity index (χ1) is 12.5. The fourth-order valence-electron chi connectivity index (χ4n) is 2.90. The van der Waals surface area contributed by atoms with E-state index < -0.39 is 12.7 Å². The van der Waals surface area contributed by atoms with Gasteiger partial charge in [0.25, 0.3) is 0 Å². The molecule has 3 aromatic rings. The summed E-state index contributed by atoms with van der Waals surface area (Å²) in [6.45, 7) is -0.250. The number of hydrogen-bond donors (Lipinski definition) is 1. The molecule has 0 spiro atoms. The monoisotopic (exact) mass is 359 g/mol. The molecule has 4 rings (SSSR count). The quantitative estimate of drug-likeness (QED) is 0.750. The van der Waals surface area contributed by atoms with Crippen molar-refractivity contribution in [2.24, 2.45) is 0 Å². The average molecular weight is 359 g/mol. The van der Waals surface area contributed by atoms with Crippen LogP contribution in [-0.2, 0) is 13.2 Å². The van der Waals surface area contributed by atoms with Gasteiger partial charge in [0.1, 0.15) is 18.9 Å². The van der Waals surface area contributed by atoms with Crippen molar-refractivity contribution in [3.63, 3.8) is 0 Å². The lowest BCUT2D eigenvalue weighted by molar-refractivity contribution is -0.115. The largest absolute Gasteiger partial charge is 0.487 e. The summed E-state index contributed by atoms with van der Waals surface area (Å²) in [5.41, 5.74) is 4.08. The third-order valence-electron chi connectivity index (χ3n) is 4.19. The normalized spacial score (nSPS) is 13.3. The summed E-state index contributed by atoms with van der Waals surface area (Å²) in [5.74, 6) is 0.573. The third-order valence-corrected chi connectivity index (χ3v) is 4.19. The topological polar surface area (TPSA) is 39.1 Å². The van der Waals surface area contributed by atoms with Crippen molar-refractivity contribution in [1.29, 1.82) is 0 Å². The Kier molecular flexibility index (Phi) is 4.06. The number of halogens is 3. The summed E-state index contributed by atoms with van der Waals surface area (Å²) < 4.78 is 44.8. The molecule has 2 aromatic carbocycles. The molecule has 0 saturated carbocycles. The predicted octanol–water partition coefficient (Wildman–Crippen LogP) is 4.47. The second-order valence-electron chi connectivity index (χ2n) is 6.12. The van der Waals surface area contributed by atoms with Crippen LogP contribution in [-0.4, -0.2) is 22.5 Å². The van der Waals surface area contributed by atoms with Crippen molar-refractivity contribution >= 4 is 5.69 Å². The number of aromatic nitrogens is 2. The molecule has 26 heavy (non-hydrogen) atoms. The first kappa shape index (κ1) is 16.5. The van der Waals surface area contributed by atoms with Crippen molar-refractivity contribution in [3.05, 3.63) is 65.9 Å². The van der Waals surface area contributed by atoms with Gasteiger partial charge < -0.3 is 10.1 Å². The minimum Gasteiger partial charge on any atom is -0.487 e. The van der Waals surface area contributed by atoms with Gasteiger partial charge >= 0.3 is 6.18 Å². The van der Waals surface area contributed by atoms with E-state index in [1.807, 2.05) is 41.1 Å². The van der Waals surface area contributed by atoms with Gasteiger partial charge in [-0.1, -0.05) is 36.4 Å². The van der Waals surface area contributed by atoms with Gasteiger partial charge in [-0.25, -0.2) is 0 Å². The van der Waals surface area contributed by atoms with Gasteiger partial charge in [0.2, 0.25) is 0 Å². The van der Waals surface area contributed by atoms with Crippen LogP contribution in [0, 0.1) is 0 Å². The maximum absolute atomic E-state index is 12.4. The second-order valence-corrected chi connectivity index (χ2v) is 6.12. The van der Waals surface area contributed by atoms with E-state index in [2.05, 4.69) is 10.4 Å². The van der Waals surface area contributed by atoms with Gasteiger partial charge in [0.05, 0.1) is 17.9 Å². The van der Waals surface area contributed by atoms with Crippen LogP contribution in [0.5, 0.6) is 5.75 Å². The molecular weight excluding hydrogens is 343 g/mol. The predicted molar refractivity (Wildman–Crippen MR) is 92.1 cm³/mol. The molecule has 7 heteroatoms. The Morgan fingerprint density at radius 3 is 2.65 bits per heavy atom. The molecule has 0 amide bonds. The van der Waals surface area contributed by atoms with Gasteiger partial charge in [-0.2, -0.15) is 18.3 Å². The van der Waals surface area contributed by atoms with Gasteiger partial charge in [0, 0.05) is 22.9 Å². The summed E-state index contributed by atoms with van der Waals surface area (Å²) in [5, 5.41) is 7.02. The molecule has 0 fully saturated rings. The van der Waals surface area contributed by atoms with Crippen LogP contribution in [0.15, 0.2) is 54.6 Å². The fourth-order valence-corrected chi connectivity index (χ4v) is 2.90. The maximum Gasteiger partial charge on any atom is 0.405 e. The Morgan fingerprint density at radius 2 is 1.88 bits per heavy atom. The van der Waals surface area contributed by atoms with Crippen LogP contribution in [0.4, 0.5) is 18.9 Å². The zero-order chi connectivity index (χ0) is 18.1. The lowest BCUT2D eigenvalue weighted by atomic mass is 10.1. The number of anilines is 1. The number of ether oxygens (including phenoxy) is 1. The van der Waals surface area contributed by atoms with E-state index in [0.29, 0.717) is 24.6 Å². The second kappa shape index (κ2) is 6.40. The van der Waals surface area contributed by atoms with E-state index in [-0.39, 0.29) is 0 Å². The number of nitrogens with zero attached hydrogens (tertiary/aromatic N) is 2. The van der Waals surface area contributed by atoms with Crippen molar-refractivity contribution in [1.82, 2.24) is 9.78 Å². The molecule has 0 radical (unpaired) electrons. The van der Waals surface area contributed by atoms with E-state index in [1.165, 1.54) is 0 Å². The molecule has 1 aliphatic heterocycles. The van der Waals surface area contributed by atoms with Gasteiger partial charge in [-0.15, -0.1) is 0 Å². The first-order valence-corrected chi connectivity index (χ1v) is 8.16. The molecule has 1 aromatic heterocycles. The van der Waals surface area contributed by atoms with E-state index in [4.69, 9.17) is 4.74 Å². The van der Waals surface area contributed by atoms with Crippen molar-refractivity contribution in [2.75, 3.05) is 11.9 Å². The van der Waals surface area contributed by atoms with Gasteiger partial charge in [-0.3, -0.25) is 4.68 Å².